The van der Waals surface area contributed by atoms with Gasteiger partial charge in [0, 0.05) is 16.4 Å². The fourth-order valence-corrected chi connectivity index (χ4v) is 4.84. The third kappa shape index (κ3) is 6.22. The van der Waals surface area contributed by atoms with Crippen molar-refractivity contribution in [1.82, 2.24) is 20.2 Å². The molecule has 7 nitrogen and oxygen atoms in total. The first-order chi connectivity index (χ1) is 18.6. The Morgan fingerprint density at radius 2 is 1.71 bits per heavy atom. The number of anilines is 1. The van der Waals surface area contributed by atoms with Crippen molar-refractivity contribution in [2.75, 3.05) is 5.32 Å². The molecule has 0 fully saturated rings. The maximum atomic E-state index is 12.8. The summed E-state index contributed by atoms with van der Waals surface area (Å²) in [7, 11) is 0. The second-order valence-corrected chi connectivity index (χ2v) is 10.3. The lowest BCUT2D eigenvalue weighted by atomic mass is 10.1. The molecule has 2 N–H and O–H groups in total. The van der Waals surface area contributed by atoms with E-state index in [1.165, 1.54) is 11.8 Å². The largest absolute Gasteiger partial charge is 0.378 e. The first-order valence-electron chi connectivity index (χ1n) is 12.0. The summed E-state index contributed by atoms with van der Waals surface area (Å²) in [6.45, 7) is 2.27. The van der Waals surface area contributed by atoms with Crippen molar-refractivity contribution in [3.05, 3.63) is 113 Å². The number of rotatable bonds is 9. The Morgan fingerprint density at radius 1 is 0.974 bits per heavy atom. The summed E-state index contributed by atoms with van der Waals surface area (Å²) in [4.78, 5) is 12.8. The molecule has 0 saturated heterocycles. The van der Waals surface area contributed by atoms with Crippen molar-refractivity contribution >= 4 is 51.9 Å². The number of hydrogen-bond acceptors (Lipinski definition) is 6. The highest BCUT2D eigenvalue weighted by molar-refractivity contribution is 8.00. The first-order valence-corrected chi connectivity index (χ1v) is 13.3. The van der Waals surface area contributed by atoms with Crippen molar-refractivity contribution in [1.29, 1.82) is 0 Å². The fourth-order valence-electron chi connectivity index (χ4n) is 3.84. The standard InChI is InChI=1S/C29H25ClN6OS/c1-20(28(37)34-32-18-21-11-12-22-7-5-6-8-23(22)17-21)38-29-35-33-27(36(29)26-9-3-2-4-10-26)19-31-25-15-13-24(30)14-16-25/h2-18,20,31H,19H2,1H3,(H,34,37)/b32-18-/t20-/m1/s1. The molecule has 38 heavy (non-hydrogen) atoms. The molecule has 0 unspecified atom stereocenters. The van der Waals surface area contributed by atoms with Crippen molar-refractivity contribution in [3.8, 4) is 5.69 Å². The van der Waals surface area contributed by atoms with Crippen LogP contribution >= 0.6 is 23.4 Å². The van der Waals surface area contributed by atoms with Gasteiger partial charge >= 0.3 is 0 Å². The third-order valence-corrected chi connectivity index (χ3v) is 7.12. The van der Waals surface area contributed by atoms with Crippen LogP contribution in [0.5, 0.6) is 0 Å². The molecule has 4 aromatic carbocycles. The van der Waals surface area contributed by atoms with E-state index in [2.05, 4.69) is 32.1 Å². The number of thioether (sulfide) groups is 1. The predicted octanol–water partition coefficient (Wildman–Crippen LogP) is 6.32. The first kappa shape index (κ1) is 25.5. The van der Waals surface area contributed by atoms with Crippen LogP contribution in [0.2, 0.25) is 5.02 Å². The molecule has 9 heteroatoms. The van der Waals surface area contributed by atoms with Crippen molar-refractivity contribution < 1.29 is 4.79 Å². The van der Waals surface area contributed by atoms with Gasteiger partial charge in [-0.1, -0.05) is 78.0 Å². The molecule has 1 aromatic heterocycles. The Balaban J connectivity index is 1.27. The maximum absolute atomic E-state index is 12.8. The van der Waals surface area contributed by atoms with E-state index in [9.17, 15) is 4.79 Å². The Morgan fingerprint density at radius 3 is 2.50 bits per heavy atom. The van der Waals surface area contributed by atoms with Gasteiger partial charge in [-0.3, -0.25) is 9.36 Å². The van der Waals surface area contributed by atoms with Crippen molar-refractivity contribution in [2.45, 2.75) is 23.9 Å². The van der Waals surface area contributed by atoms with Crippen molar-refractivity contribution in [3.63, 3.8) is 0 Å². The van der Waals surface area contributed by atoms with Gasteiger partial charge in [-0.15, -0.1) is 10.2 Å². The van der Waals surface area contributed by atoms with Gasteiger partial charge in [0.1, 0.15) is 0 Å². The SMILES string of the molecule is C[C@@H](Sc1nnc(CNc2ccc(Cl)cc2)n1-c1ccccc1)C(=O)N/N=C\c1ccc2ccccc2c1. The molecule has 190 valence electrons. The van der Waals surface area contributed by atoms with Gasteiger partial charge in [0.05, 0.1) is 18.0 Å². The van der Waals surface area contributed by atoms with E-state index in [-0.39, 0.29) is 5.91 Å². The summed E-state index contributed by atoms with van der Waals surface area (Å²) in [5.41, 5.74) is 5.39. The van der Waals surface area contributed by atoms with Crippen LogP contribution in [0.3, 0.4) is 0 Å². The van der Waals surface area contributed by atoms with Crippen LogP contribution in [0, 0.1) is 0 Å². The lowest BCUT2D eigenvalue weighted by Crippen LogP contribution is -2.27. The van der Waals surface area contributed by atoms with E-state index in [0.29, 0.717) is 16.7 Å². The molecule has 0 aliphatic heterocycles. The molecular weight excluding hydrogens is 516 g/mol. The number of amides is 1. The van der Waals surface area contributed by atoms with Crippen LogP contribution < -0.4 is 10.7 Å². The number of benzene rings is 4. The van der Waals surface area contributed by atoms with Crippen LogP contribution in [0.4, 0.5) is 5.69 Å². The number of hydrazone groups is 1. The Kier molecular flexibility index (Phi) is 8.01. The van der Waals surface area contributed by atoms with Gasteiger partial charge in [-0.05, 0) is 65.7 Å². The van der Waals surface area contributed by atoms with Gasteiger partial charge < -0.3 is 5.32 Å². The minimum absolute atomic E-state index is 0.226. The summed E-state index contributed by atoms with van der Waals surface area (Å²) >= 11 is 7.32. The number of nitrogens with one attached hydrogen (secondary N) is 2. The summed E-state index contributed by atoms with van der Waals surface area (Å²) in [6, 6.07) is 31.5. The van der Waals surface area contributed by atoms with Crippen LogP contribution in [-0.2, 0) is 11.3 Å². The van der Waals surface area contributed by atoms with E-state index in [1.54, 1.807) is 6.21 Å². The second kappa shape index (κ2) is 11.9. The number of fused-ring (bicyclic) bond motifs is 1. The quantitative estimate of drug-likeness (QED) is 0.130. The summed E-state index contributed by atoms with van der Waals surface area (Å²) < 4.78 is 1.95. The monoisotopic (exact) mass is 540 g/mol. The molecule has 5 rings (SSSR count). The van der Waals surface area contributed by atoms with Crippen molar-refractivity contribution in [2.24, 2.45) is 5.10 Å². The van der Waals surface area contributed by atoms with E-state index in [0.717, 1.165) is 33.5 Å². The lowest BCUT2D eigenvalue weighted by molar-refractivity contribution is -0.120. The number of carbonyl (C=O) groups excluding carboxylic acids is 1. The minimum Gasteiger partial charge on any atom is -0.378 e. The Bertz CT molecular complexity index is 1570. The van der Waals surface area contributed by atoms with Gasteiger partial charge in [-0.25, -0.2) is 5.43 Å². The normalized spacial score (nSPS) is 12.1. The van der Waals surface area contributed by atoms with E-state index < -0.39 is 5.25 Å². The molecule has 1 heterocycles. The third-order valence-electron chi connectivity index (χ3n) is 5.82. The highest BCUT2D eigenvalue weighted by Crippen LogP contribution is 2.26. The van der Waals surface area contributed by atoms with Crippen LogP contribution in [0.1, 0.15) is 18.3 Å². The average Bonchev–Trinajstić information content (AvgIpc) is 3.35. The zero-order chi connectivity index (χ0) is 26.3. The number of nitrogens with zero attached hydrogens (tertiary/aromatic N) is 4. The zero-order valence-electron chi connectivity index (χ0n) is 20.6. The topological polar surface area (TPSA) is 84.2 Å². The van der Waals surface area contributed by atoms with Gasteiger partial charge in [0.2, 0.25) is 0 Å². The molecule has 5 aromatic rings. The number of aromatic nitrogens is 3. The average molecular weight is 541 g/mol. The smallest absolute Gasteiger partial charge is 0.253 e. The number of para-hydroxylation sites is 1. The van der Waals surface area contributed by atoms with Gasteiger partial charge in [-0.2, -0.15) is 5.10 Å². The highest BCUT2D eigenvalue weighted by Gasteiger charge is 2.21. The second-order valence-electron chi connectivity index (χ2n) is 8.53. The zero-order valence-corrected chi connectivity index (χ0v) is 22.2. The van der Waals surface area contributed by atoms with Crippen LogP contribution in [0.15, 0.2) is 107 Å². The highest BCUT2D eigenvalue weighted by atomic mass is 35.5. The van der Waals surface area contributed by atoms with Crippen LogP contribution in [0.25, 0.3) is 16.5 Å². The maximum Gasteiger partial charge on any atom is 0.253 e. The summed E-state index contributed by atoms with van der Waals surface area (Å²) in [5, 5.41) is 19.4. The van der Waals surface area contributed by atoms with Gasteiger partial charge in [0.15, 0.2) is 11.0 Å². The number of hydrogen-bond donors (Lipinski definition) is 2. The van der Waals surface area contributed by atoms with Crippen LogP contribution in [-0.4, -0.2) is 32.1 Å². The lowest BCUT2D eigenvalue weighted by Gasteiger charge is -2.13. The molecule has 1 amide bonds. The molecule has 0 radical (unpaired) electrons. The molecule has 0 aliphatic carbocycles. The van der Waals surface area contributed by atoms with Gasteiger partial charge in [0.25, 0.3) is 5.91 Å². The molecule has 0 aliphatic rings. The fraction of sp³-hybridized carbons (Fsp3) is 0.103. The Hall–Kier alpha value is -4.14. The number of carbonyl (C=O) groups is 1. The molecule has 0 saturated carbocycles. The molecule has 0 spiro atoms. The number of halogens is 1. The van der Waals surface area contributed by atoms with E-state index in [1.807, 2.05) is 102 Å². The Labute approximate surface area is 229 Å². The molecule has 1 atom stereocenters. The minimum atomic E-state index is -0.451. The summed E-state index contributed by atoms with van der Waals surface area (Å²) in [5.74, 6) is 0.492. The molecule has 0 bridgehead atoms. The summed E-state index contributed by atoms with van der Waals surface area (Å²) in [6.07, 6.45) is 1.65. The predicted molar refractivity (Wildman–Crippen MR) is 155 cm³/mol. The van der Waals surface area contributed by atoms with E-state index >= 15 is 0 Å². The van der Waals surface area contributed by atoms with E-state index in [4.69, 9.17) is 11.6 Å². The molecular formula is C29H25ClN6OS.